The summed E-state index contributed by atoms with van der Waals surface area (Å²) in [5.74, 6) is -2.26. The second-order valence-corrected chi connectivity index (χ2v) is 6.91. The molecule has 1 fully saturated rings. The number of aromatic nitrogens is 1. The van der Waals surface area contributed by atoms with Crippen LogP contribution in [0, 0.1) is 17.8 Å². The van der Waals surface area contributed by atoms with Gasteiger partial charge < -0.3 is 5.32 Å². The Morgan fingerprint density at radius 3 is 2.72 bits per heavy atom. The van der Waals surface area contributed by atoms with Crippen LogP contribution in [-0.4, -0.2) is 34.8 Å². The number of Topliss-reactive ketones (excluding diaryl/α,β-unsaturated/α-hetero) is 3. The first-order valence-electron chi connectivity index (χ1n) is 8.63. The van der Waals surface area contributed by atoms with Gasteiger partial charge in [-0.2, -0.15) is 0 Å². The van der Waals surface area contributed by atoms with Crippen LogP contribution < -0.4 is 5.32 Å². The summed E-state index contributed by atoms with van der Waals surface area (Å²) in [6.45, 7) is 4.21. The van der Waals surface area contributed by atoms with Crippen molar-refractivity contribution in [3.63, 3.8) is 0 Å². The largest absolute Gasteiger partial charge is 0.349 e. The highest BCUT2D eigenvalue weighted by molar-refractivity contribution is 6.37. The van der Waals surface area contributed by atoms with Gasteiger partial charge in [0.1, 0.15) is 11.6 Å². The molecule has 1 saturated heterocycles. The molecule has 2 heterocycles. The van der Waals surface area contributed by atoms with Crippen molar-refractivity contribution in [2.75, 3.05) is 6.54 Å². The second-order valence-electron chi connectivity index (χ2n) is 6.91. The van der Waals surface area contributed by atoms with E-state index in [2.05, 4.69) is 10.3 Å². The van der Waals surface area contributed by atoms with Gasteiger partial charge in [0, 0.05) is 50.0 Å². The highest BCUT2D eigenvalue weighted by Gasteiger charge is 2.34. The lowest BCUT2D eigenvalue weighted by atomic mass is 9.80. The molecule has 1 amide bonds. The summed E-state index contributed by atoms with van der Waals surface area (Å²) in [6, 6.07) is 3.60. The quantitative estimate of drug-likeness (QED) is 0.722. The van der Waals surface area contributed by atoms with Gasteiger partial charge in [0.15, 0.2) is 0 Å². The molecular formula is C19H24N2O4. The van der Waals surface area contributed by atoms with E-state index in [1.165, 1.54) is 0 Å². The maximum atomic E-state index is 12.6. The van der Waals surface area contributed by atoms with E-state index in [0.717, 1.165) is 5.56 Å². The lowest BCUT2D eigenvalue weighted by Crippen LogP contribution is -2.43. The van der Waals surface area contributed by atoms with Crippen LogP contribution in [0.15, 0.2) is 24.5 Å². The van der Waals surface area contributed by atoms with Crippen LogP contribution >= 0.6 is 0 Å². The number of hydrogen-bond acceptors (Lipinski definition) is 5. The average Bonchev–Trinajstić information content (AvgIpc) is 2.57. The zero-order valence-corrected chi connectivity index (χ0v) is 14.7. The molecule has 6 heteroatoms. The summed E-state index contributed by atoms with van der Waals surface area (Å²) in [5.41, 5.74) is 0.821. The van der Waals surface area contributed by atoms with Gasteiger partial charge in [-0.05, 0) is 24.0 Å². The van der Waals surface area contributed by atoms with Crippen molar-refractivity contribution in [3.8, 4) is 0 Å². The Hall–Kier alpha value is -2.37. The summed E-state index contributed by atoms with van der Waals surface area (Å²) < 4.78 is 0. The Morgan fingerprint density at radius 1 is 1.32 bits per heavy atom. The lowest BCUT2D eigenvalue weighted by molar-refractivity contribution is -0.143. The topological polar surface area (TPSA) is 93.2 Å². The molecule has 25 heavy (non-hydrogen) atoms. The molecule has 0 radical (unpaired) electrons. The van der Waals surface area contributed by atoms with Gasteiger partial charge in [0.05, 0.1) is 0 Å². The van der Waals surface area contributed by atoms with E-state index in [9.17, 15) is 19.2 Å². The van der Waals surface area contributed by atoms with Crippen molar-refractivity contribution in [2.45, 2.75) is 39.5 Å². The first-order chi connectivity index (χ1) is 11.9. The van der Waals surface area contributed by atoms with Crippen molar-refractivity contribution in [2.24, 2.45) is 17.8 Å². The van der Waals surface area contributed by atoms with Crippen LogP contribution in [0.3, 0.4) is 0 Å². The SMILES string of the molecule is CC(C)C(CC(=O)Cc1cccnc1)C(=O)CC1CCNC(=O)C1=O. The third kappa shape index (κ3) is 5.31. The molecule has 2 rings (SSSR count). The number of nitrogens with zero attached hydrogens (tertiary/aromatic N) is 1. The molecule has 1 N–H and O–H groups in total. The Kier molecular flexibility index (Phi) is 6.56. The van der Waals surface area contributed by atoms with E-state index in [4.69, 9.17) is 0 Å². The van der Waals surface area contributed by atoms with Crippen molar-refractivity contribution in [1.29, 1.82) is 0 Å². The number of nitrogens with one attached hydrogen (secondary N) is 1. The first-order valence-corrected chi connectivity index (χ1v) is 8.63. The molecule has 0 saturated carbocycles. The fourth-order valence-corrected chi connectivity index (χ4v) is 3.12. The molecule has 6 nitrogen and oxygen atoms in total. The minimum Gasteiger partial charge on any atom is -0.349 e. The van der Waals surface area contributed by atoms with Crippen LogP contribution in [0.2, 0.25) is 0 Å². The molecule has 1 aliphatic heterocycles. The highest BCUT2D eigenvalue weighted by Crippen LogP contribution is 2.24. The molecule has 0 bridgehead atoms. The van der Waals surface area contributed by atoms with E-state index in [-0.39, 0.29) is 36.7 Å². The molecule has 2 atom stereocenters. The Morgan fingerprint density at radius 2 is 2.08 bits per heavy atom. The molecule has 134 valence electrons. The minimum atomic E-state index is -0.613. The normalized spacial score (nSPS) is 18.8. The molecule has 1 aromatic heterocycles. The average molecular weight is 344 g/mol. The zero-order valence-electron chi connectivity index (χ0n) is 14.7. The molecular weight excluding hydrogens is 320 g/mol. The number of piperidine rings is 1. The van der Waals surface area contributed by atoms with Gasteiger partial charge in [-0.1, -0.05) is 19.9 Å². The van der Waals surface area contributed by atoms with Gasteiger partial charge in [0.25, 0.3) is 5.91 Å². The summed E-state index contributed by atoms with van der Waals surface area (Å²) in [4.78, 5) is 52.3. The smallest absolute Gasteiger partial charge is 0.287 e. The van der Waals surface area contributed by atoms with Gasteiger partial charge in [-0.15, -0.1) is 0 Å². The van der Waals surface area contributed by atoms with Crippen molar-refractivity contribution < 1.29 is 19.2 Å². The van der Waals surface area contributed by atoms with E-state index in [0.29, 0.717) is 13.0 Å². The van der Waals surface area contributed by atoms with E-state index in [1.807, 2.05) is 19.9 Å². The Labute approximate surface area is 147 Å². The Balaban J connectivity index is 1.97. The number of hydrogen-bond donors (Lipinski definition) is 1. The number of pyridine rings is 1. The van der Waals surface area contributed by atoms with Crippen molar-refractivity contribution in [3.05, 3.63) is 30.1 Å². The van der Waals surface area contributed by atoms with Crippen LogP contribution in [0.5, 0.6) is 0 Å². The van der Waals surface area contributed by atoms with E-state index < -0.39 is 23.5 Å². The van der Waals surface area contributed by atoms with Crippen molar-refractivity contribution >= 4 is 23.3 Å². The fourth-order valence-electron chi connectivity index (χ4n) is 3.12. The maximum Gasteiger partial charge on any atom is 0.287 e. The number of amides is 1. The third-order valence-corrected chi connectivity index (χ3v) is 4.61. The van der Waals surface area contributed by atoms with Crippen LogP contribution in [0.25, 0.3) is 0 Å². The molecule has 2 unspecified atom stereocenters. The van der Waals surface area contributed by atoms with E-state index >= 15 is 0 Å². The highest BCUT2D eigenvalue weighted by atomic mass is 16.2. The molecule has 0 spiro atoms. The predicted molar refractivity (Wildman–Crippen MR) is 91.6 cm³/mol. The summed E-state index contributed by atoms with van der Waals surface area (Å²) >= 11 is 0. The van der Waals surface area contributed by atoms with Gasteiger partial charge in [0.2, 0.25) is 5.78 Å². The Bertz CT molecular complexity index is 655. The second kappa shape index (κ2) is 8.65. The molecule has 1 aliphatic rings. The standard InChI is InChI=1S/C19H24N2O4/c1-12(2)16(10-15(22)8-13-4-3-6-20-11-13)17(23)9-14-5-7-21-19(25)18(14)24/h3-4,6,11-12,14,16H,5,7-10H2,1-2H3,(H,21,25). The van der Waals surface area contributed by atoms with E-state index in [1.54, 1.807) is 18.5 Å². The van der Waals surface area contributed by atoms with Crippen LogP contribution in [0.1, 0.15) is 38.7 Å². The monoisotopic (exact) mass is 344 g/mol. The van der Waals surface area contributed by atoms with Gasteiger partial charge >= 0.3 is 0 Å². The van der Waals surface area contributed by atoms with Gasteiger partial charge in [-0.3, -0.25) is 24.2 Å². The number of ketones is 3. The zero-order chi connectivity index (χ0) is 18.4. The minimum absolute atomic E-state index is 0.00197. The predicted octanol–water partition coefficient (Wildman–Crippen LogP) is 1.52. The van der Waals surface area contributed by atoms with Gasteiger partial charge in [-0.25, -0.2) is 0 Å². The molecule has 0 aliphatic carbocycles. The van der Waals surface area contributed by atoms with Crippen molar-refractivity contribution in [1.82, 2.24) is 10.3 Å². The molecule has 1 aromatic rings. The fraction of sp³-hybridized carbons (Fsp3) is 0.526. The van der Waals surface area contributed by atoms with Crippen LogP contribution in [-0.2, 0) is 25.6 Å². The number of carbonyl (C=O) groups excluding carboxylic acids is 4. The summed E-state index contributed by atoms with van der Waals surface area (Å²) in [5, 5.41) is 2.49. The maximum absolute atomic E-state index is 12.6. The lowest BCUT2D eigenvalue weighted by Gasteiger charge is -2.24. The molecule has 0 aromatic carbocycles. The van der Waals surface area contributed by atoms with Crippen LogP contribution in [0.4, 0.5) is 0 Å². The number of rotatable bonds is 8. The summed E-state index contributed by atoms with van der Waals surface area (Å²) in [7, 11) is 0. The third-order valence-electron chi connectivity index (χ3n) is 4.61. The summed E-state index contributed by atoms with van der Waals surface area (Å²) in [6.07, 6.45) is 4.20. The number of carbonyl (C=O) groups is 4. The first kappa shape index (κ1) is 19.0.